The lowest BCUT2D eigenvalue weighted by molar-refractivity contribution is 0.102. The molecule has 0 unspecified atom stereocenters. The number of Topliss-reactive ketones (excluding diaryl/α,β-unsaturated/α-hetero) is 1. The van der Waals surface area contributed by atoms with Crippen LogP contribution in [0.4, 0.5) is 5.13 Å². The smallest absolute Gasteiger partial charge is 0.206 e. The number of hydrogen-bond donors (Lipinski definition) is 1. The Morgan fingerprint density at radius 2 is 1.92 bits per heavy atom. The van der Waals surface area contributed by atoms with Crippen LogP contribution in [0.1, 0.15) is 56.5 Å². The van der Waals surface area contributed by atoms with Gasteiger partial charge in [0.2, 0.25) is 5.13 Å². The van der Waals surface area contributed by atoms with Crippen LogP contribution in [0.5, 0.6) is 0 Å². The molecule has 0 radical (unpaired) electrons. The summed E-state index contributed by atoms with van der Waals surface area (Å²) < 4.78 is 0.827. The zero-order valence-electron chi connectivity index (χ0n) is 14.8. The number of rotatable bonds is 8. The van der Waals surface area contributed by atoms with Crippen LogP contribution in [0.2, 0.25) is 0 Å². The first-order valence-electron chi connectivity index (χ1n) is 8.24. The summed E-state index contributed by atoms with van der Waals surface area (Å²) in [5, 5.41) is 12.3. The summed E-state index contributed by atoms with van der Waals surface area (Å²) in [4.78, 5) is 12.3. The van der Waals surface area contributed by atoms with Crippen molar-refractivity contribution in [2.75, 3.05) is 17.6 Å². The molecule has 0 aliphatic heterocycles. The molecular formula is C18H25N3OS2. The highest BCUT2D eigenvalue weighted by atomic mass is 32.2. The number of nitrogens with zero attached hydrogens (tertiary/aromatic N) is 2. The lowest BCUT2D eigenvalue weighted by Gasteiger charge is -2.18. The van der Waals surface area contributed by atoms with Gasteiger partial charge in [-0.2, -0.15) is 0 Å². The number of aromatic nitrogens is 2. The van der Waals surface area contributed by atoms with E-state index in [4.69, 9.17) is 0 Å². The predicted octanol–water partition coefficient (Wildman–Crippen LogP) is 5.02. The first-order chi connectivity index (χ1) is 11.4. The van der Waals surface area contributed by atoms with Crippen molar-refractivity contribution in [2.24, 2.45) is 0 Å². The van der Waals surface area contributed by atoms with E-state index in [0.717, 1.165) is 34.4 Å². The van der Waals surface area contributed by atoms with Crippen molar-refractivity contribution in [3.05, 3.63) is 35.4 Å². The zero-order chi connectivity index (χ0) is 17.6. The highest BCUT2D eigenvalue weighted by molar-refractivity contribution is 8.01. The Morgan fingerprint density at radius 1 is 1.21 bits per heavy atom. The maximum Gasteiger partial charge on any atom is 0.206 e. The van der Waals surface area contributed by atoms with Crippen LogP contribution in [0.25, 0.3) is 0 Å². The first-order valence-corrected chi connectivity index (χ1v) is 10.0. The van der Waals surface area contributed by atoms with E-state index in [2.05, 4.69) is 43.2 Å². The van der Waals surface area contributed by atoms with Gasteiger partial charge in [0.05, 0.1) is 5.75 Å². The summed E-state index contributed by atoms with van der Waals surface area (Å²) in [6.07, 6.45) is 2.26. The standard InChI is InChI=1S/C18H25N3OS2/c1-5-6-11-19-16-20-21-17(24-16)23-12-15(22)13-7-9-14(10-8-13)18(2,3)4/h7-10H,5-6,11-12H2,1-4H3,(H,19,20). The van der Waals surface area contributed by atoms with Gasteiger partial charge in [-0.3, -0.25) is 4.79 Å². The van der Waals surface area contributed by atoms with Crippen molar-refractivity contribution >= 4 is 34.0 Å². The highest BCUT2D eigenvalue weighted by Gasteiger charge is 2.15. The minimum atomic E-state index is 0.101. The number of nitrogens with one attached hydrogen (secondary N) is 1. The Kier molecular flexibility index (Phi) is 6.80. The van der Waals surface area contributed by atoms with Crippen LogP contribution in [0.3, 0.4) is 0 Å². The second kappa shape index (κ2) is 8.62. The number of anilines is 1. The summed E-state index contributed by atoms with van der Waals surface area (Å²) in [7, 11) is 0. The number of ketones is 1. The van der Waals surface area contributed by atoms with E-state index in [-0.39, 0.29) is 11.2 Å². The number of benzene rings is 1. The zero-order valence-corrected chi connectivity index (χ0v) is 16.4. The summed E-state index contributed by atoms with van der Waals surface area (Å²) in [6, 6.07) is 7.92. The Hall–Kier alpha value is -1.40. The van der Waals surface area contributed by atoms with Gasteiger partial charge in [-0.1, -0.05) is 81.5 Å². The second-order valence-electron chi connectivity index (χ2n) is 6.69. The molecule has 1 N–H and O–H groups in total. The second-order valence-corrected chi connectivity index (χ2v) is 8.89. The molecule has 0 spiro atoms. The van der Waals surface area contributed by atoms with Crippen molar-refractivity contribution in [2.45, 2.75) is 50.3 Å². The normalized spacial score (nSPS) is 11.5. The Labute approximate surface area is 152 Å². The van der Waals surface area contributed by atoms with E-state index >= 15 is 0 Å². The molecule has 0 saturated heterocycles. The molecule has 6 heteroatoms. The van der Waals surface area contributed by atoms with Gasteiger partial charge in [0.1, 0.15) is 0 Å². The van der Waals surface area contributed by atoms with E-state index in [0.29, 0.717) is 5.75 Å². The summed E-state index contributed by atoms with van der Waals surface area (Å²) in [6.45, 7) is 9.57. The largest absolute Gasteiger partial charge is 0.360 e. The summed E-state index contributed by atoms with van der Waals surface area (Å²) in [5.41, 5.74) is 2.09. The molecule has 0 aliphatic carbocycles. The average molecular weight is 364 g/mol. The molecule has 0 atom stereocenters. The quantitative estimate of drug-likeness (QED) is 0.405. The van der Waals surface area contributed by atoms with Crippen LogP contribution in [0.15, 0.2) is 28.6 Å². The Balaban J connectivity index is 1.86. The topological polar surface area (TPSA) is 54.9 Å². The molecule has 130 valence electrons. The van der Waals surface area contributed by atoms with E-state index in [1.54, 1.807) is 0 Å². The molecule has 24 heavy (non-hydrogen) atoms. The summed E-state index contributed by atoms with van der Waals surface area (Å²) >= 11 is 2.95. The fourth-order valence-corrected chi connectivity index (χ4v) is 3.75. The van der Waals surface area contributed by atoms with Crippen molar-refractivity contribution in [1.29, 1.82) is 0 Å². The monoisotopic (exact) mass is 363 g/mol. The van der Waals surface area contributed by atoms with Crippen molar-refractivity contribution < 1.29 is 4.79 Å². The third-order valence-corrected chi connectivity index (χ3v) is 5.63. The Morgan fingerprint density at radius 3 is 2.54 bits per heavy atom. The molecule has 1 aromatic carbocycles. The van der Waals surface area contributed by atoms with Gasteiger partial charge in [-0.25, -0.2) is 0 Å². The lowest BCUT2D eigenvalue weighted by atomic mass is 9.86. The van der Waals surface area contributed by atoms with Crippen molar-refractivity contribution in [3.63, 3.8) is 0 Å². The Bertz CT molecular complexity index is 660. The molecular weight excluding hydrogens is 338 g/mol. The molecule has 2 aromatic rings. The SMILES string of the molecule is CCCCNc1nnc(SCC(=O)c2ccc(C(C)(C)C)cc2)s1. The van der Waals surface area contributed by atoms with E-state index < -0.39 is 0 Å². The van der Waals surface area contributed by atoms with Crippen LogP contribution < -0.4 is 5.32 Å². The van der Waals surface area contributed by atoms with Gasteiger partial charge in [0, 0.05) is 12.1 Å². The fourth-order valence-electron chi connectivity index (χ4n) is 2.08. The first kappa shape index (κ1) is 18.9. The van der Waals surface area contributed by atoms with Gasteiger partial charge in [-0.15, -0.1) is 10.2 Å². The van der Waals surface area contributed by atoms with Crippen LogP contribution in [0, 0.1) is 0 Å². The van der Waals surface area contributed by atoms with E-state index in [1.165, 1.54) is 28.7 Å². The highest BCUT2D eigenvalue weighted by Crippen LogP contribution is 2.27. The predicted molar refractivity (Wildman–Crippen MR) is 104 cm³/mol. The molecule has 2 rings (SSSR count). The van der Waals surface area contributed by atoms with Gasteiger partial charge in [0.15, 0.2) is 10.1 Å². The minimum Gasteiger partial charge on any atom is -0.360 e. The maximum atomic E-state index is 12.3. The van der Waals surface area contributed by atoms with Crippen LogP contribution >= 0.6 is 23.1 Å². The molecule has 1 aromatic heterocycles. The molecule has 0 fully saturated rings. The molecule has 0 aliphatic rings. The molecule has 0 bridgehead atoms. The number of carbonyl (C=O) groups is 1. The van der Waals surface area contributed by atoms with Gasteiger partial charge in [-0.05, 0) is 17.4 Å². The van der Waals surface area contributed by atoms with Crippen molar-refractivity contribution in [3.8, 4) is 0 Å². The molecule has 4 nitrogen and oxygen atoms in total. The van der Waals surface area contributed by atoms with Gasteiger partial charge in [0.25, 0.3) is 0 Å². The lowest BCUT2D eigenvalue weighted by Crippen LogP contribution is -2.11. The molecule has 0 saturated carbocycles. The third-order valence-electron chi connectivity index (χ3n) is 3.61. The van der Waals surface area contributed by atoms with Gasteiger partial charge >= 0.3 is 0 Å². The molecule has 1 heterocycles. The van der Waals surface area contributed by atoms with Crippen LogP contribution in [-0.2, 0) is 5.41 Å². The number of hydrogen-bond acceptors (Lipinski definition) is 6. The van der Waals surface area contributed by atoms with E-state index in [1.807, 2.05) is 24.3 Å². The minimum absolute atomic E-state index is 0.101. The van der Waals surface area contributed by atoms with Crippen LogP contribution in [-0.4, -0.2) is 28.3 Å². The molecule has 0 amide bonds. The van der Waals surface area contributed by atoms with E-state index in [9.17, 15) is 4.79 Å². The number of unbranched alkanes of at least 4 members (excludes halogenated alkanes) is 1. The maximum absolute atomic E-state index is 12.3. The fraction of sp³-hybridized carbons (Fsp3) is 0.500. The summed E-state index contributed by atoms with van der Waals surface area (Å²) in [5.74, 6) is 0.509. The number of carbonyl (C=O) groups excluding carboxylic acids is 1. The van der Waals surface area contributed by atoms with Crippen molar-refractivity contribution in [1.82, 2.24) is 10.2 Å². The van der Waals surface area contributed by atoms with Gasteiger partial charge < -0.3 is 5.32 Å². The third kappa shape index (κ3) is 5.60. The average Bonchev–Trinajstić information content (AvgIpc) is 3.00. The number of thioether (sulfide) groups is 1.